The number of para-hydroxylation sites is 1. The van der Waals surface area contributed by atoms with Crippen LogP contribution in [-0.2, 0) is 11.2 Å². The molecular formula is C15H22N2O2. The summed E-state index contributed by atoms with van der Waals surface area (Å²) in [7, 11) is 1.86. The fourth-order valence-electron chi connectivity index (χ4n) is 2.63. The second kappa shape index (κ2) is 6.17. The summed E-state index contributed by atoms with van der Waals surface area (Å²) in [6, 6.07) is 8.36. The van der Waals surface area contributed by atoms with E-state index in [0.29, 0.717) is 13.1 Å². The van der Waals surface area contributed by atoms with Crippen molar-refractivity contribution in [3.05, 3.63) is 29.8 Å². The Balaban J connectivity index is 2.16. The minimum absolute atomic E-state index is 0.0793. The Labute approximate surface area is 114 Å². The average Bonchev–Trinajstić information content (AvgIpc) is 2.38. The summed E-state index contributed by atoms with van der Waals surface area (Å²) in [6.45, 7) is 3.05. The van der Waals surface area contributed by atoms with Gasteiger partial charge in [-0.3, -0.25) is 9.69 Å². The molecular weight excluding hydrogens is 240 g/mol. The summed E-state index contributed by atoms with van der Waals surface area (Å²) in [5.74, 6) is 0.107. The summed E-state index contributed by atoms with van der Waals surface area (Å²) in [6.07, 6.45) is 2.04. The van der Waals surface area contributed by atoms with Gasteiger partial charge < -0.3 is 10.0 Å². The topological polar surface area (TPSA) is 43.8 Å². The number of nitrogens with zero attached hydrogens (tertiary/aromatic N) is 2. The van der Waals surface area contributed by atoms with Gasteiger partial charge in [-0.15, -0.1) is 0 Å². The van der Waals surface area contributed by atoms with Gasteiger partial charge in [-0.25, -0.2) is 0 Å². The lowest BCUT2D eigenvalue weighted by molar-refractivity contribution is -0.120. The maximum absolute atomic E-state index is 12.5. The highest BCUT2D eigenvalue weighted by molar-refractivity contribution is 5.96. The number of carbonyl (C=O) groups excluding carboxylic acids is 1. The number of benzene rings is 1. The number of aliphatic hydroxyl groups is 1. The van der Waals surface area contributed by atoms with E-state index in [-0.39, 0.29) is 18.6 Å². The van der Waals surface area contributed by atoms with E-state index in [4.69, 9.17) is 5.11 Å². The molecule has 1 atom stereocenters. The van der Waals surface area contributed by atoms with Crippen LogP contribution in [0.25, 0.3) is 0 Å². The summed E-state index contributed by atoms with van der Waals surface area (Å²) in [4.78, 5) is 16.2. The van der Waals surface area contributed by atoms with Crippen molar-refractivity contribution in [1.82, 2.24) is 4.90 Å². The lowest BCUT2D eigenvalue weighted by Crippen LogP contribution is -2.46. The molecule has 1 unspecified atom stereocenters. The average molecular weight is 262 g/mol. The molecule has 1 heterocycles. The molecule has 2 rings (SSSR count). The second-order valence-corrected chi connectivity index (χ2v) is 5.24. The summed E-state index contributed by atoms with van der Waals surface area (Å²) in [5, 5.41) is 8.90. The van der Waals surface area contributed by atoms with Crippen molar-refractivity contribution in [2.75, 3.05) is 31.6 Å². The normalized spacial score (nSPS) is 18.5. The number of likely N-dealkylation sites (N-methyl/N-ethyl adjacent to an activating group) is 1. The van der Waals surface area contributed by atoms with Crippen molar-refractivity contribution in [1.29, 1.82) is 0 Å². The highest BCUT2D eigenvalue weighted by atomic mass is 16.3. The molecule has 1 N–H and O–H groups in total. The van der Waals surface area contributed by atoms with Gasteiger partial charge in [0.05, 0.1) is 13.2 Å². The number of anilines is 1. The lowest BCUT2D eigenvalue weighted by atomic mass is 9.96. The van der Waals surface area contributed by atoms with Crippen LogP contribution in [0.4, 0.5) is 5.69 Å². The highest BCUT2D eigenvalue weighted by Gasteiger charge is 2.28. The molecule has 0 bridgehead atoms. The van der Waals surface area contributed by atoms with Crippen molar-refractivity contribution < 1.29 is 9.90 Å². The molecule has 0 fully saturated rings. The number of aliphatic hydroxyl groups excluding tert-OH is 1. The lowest BCUT2D eigenvalue weighted by Gasteiger charge is -2.36. The van der Waals surface area contributed by atoms with Gasteiger partial charge in [0.2, 0.25) is 5.91 Å². The molecule has 4 heteroatoms. The van der Waals surface area contributed by atoms with Crippen LogP contribution in [0.1, 0.15) is 18.9 Å². The van der Waals surface area contributed by atoms with Gasteiger partial charge in [0.15, 0.2) is 0 Å². The Morgan fingerprint density at radius 3 is 2.95 bits per heavy atom. The van der Waals surface area contributed by atoms with E-state index < -0.39 is 0 Å². The van der Waals surface area contributed by atoms with Gasteiger partial charge in [0.1, 0.15) is 0 Å². The van der Waals surface area contributed by atoms with Crippen LogP contribution in [0.5, 0.6) is 0 Å². The number of amides is 1. The summed E-state index contributed by atoms with van der Waals surface area (Å²) < 4.78 is 0. The smallest absolute Gasteiger partial charge is 0.241 e. The number of hydrogen-bond donors (Lipinski definition) is 1. The first-order valence-corrected chi connectivity index (χ1v) is 6.83. The third-order valence-corrected chi connectivity index (χ3v) is 3.68. The number of fused-ring (bicyclic) bond motifs is 1. The van der Waals surface area contributed by atoms with Gasteiger partial charge in [-0.05, 0) is 38.4 Å². The number of carbonyl (C=O) groups is 1. The maximum Gasteiger partial charge on any atom is 0.241 e. The third-order valence-electron chi connectivity index (χ3n) is 3.68. The van der Waals surface area contributed by atoms with Gasteiger partial charge in [0, 0.05) is 18.3 Å². The van der Waals surface area contributed by atoms with E-state index in [2.05, 4.69) is 13.0 Å². The van der Waals surface area contributed by atoms with E-state index in [9.17, 15) is 4.79 Å². The first-order chi connectivity index (χ1) is 9.13. The monoisotopic (exact) mass is 262 g/mol. The van der Waals surface area contributed by atoms with E-state index in [1.165, 1.54) is 5.56 Å². The number of rotatable bonds is 4. The Morgan fingerprint density at radius 2 is 2.21 bits per heavy atom. The van der Waals surface area contributed by atoms with Crippen molar-refractivity contribution in [2.45, 2.75) is 25.8 Å². The largest absolute Gasteiger partial charge is 0.395 e. The quantitative estimate of drug-likeness (QED) is 0.889. The van der Waals surface area contributed by atoms with Crippen molar-refractivity contribution in [2.24, 2.45) is 0 Å². The maximum atomic E-state index is 12.5. The zero-order valence-corrected chi connectivity index (χ0v) is 11.7. The molecule has 1 aliphatic heterocycles. The second-order valence-electron chi connectivity index (χ2n) is 5.24. The fraction of sp³-hybridized carbons (Fsp3) is 0.533. The van der Waals surface area contributed by atoms with Crippen LogP contribution in [0.15, 0.2) is 24.3 Å². The Bertz CT molecular complexity index is 448. The fourth-order valence-corrected chi connectivity index (χ4v) is 2.63. The summed E-state index contributed by atoms with van der Waals surface area (Å²) >= 11 is 0. The SMILES string of the molecule is CC1CCc2ccccc2N1C(=O)CN(C)CCO. The van der Waals surface area contributed by atoms with Crippen LogP contribution in [0, 0.1) is 0 Å². The van der Waals surface area contributed by atoms with Gasteiger partial charge in [-0.2, -0.15) is 0 Å². The number of aryl methyl sites for hydroxylation is 1. The van der Waals surface area contributed by atoms with Gasteiger partial charge >= 0.3 is 0 Å². The van der Waals surface area contributed by atoms with E-state index in [1.54, 1.807) is 0 Å². The molecule has 0 radical (unpaired) electrons. The third kappa shape index (κ3) is 3.14. The molecule has 0 spiro atoms. The number of hydrogen-bond acceptors (Lipinski definition) is 3. The molecule has 0 aliphatic carbocycles. The Hall–Kier alpha value is -1.39. The zero-order chi connectivity index (χ0) is 13.8. The Morgan fingerprint density at radius 1 is 1.47 bits per heavy atom. The molecule has 4 nitrogen and oxygen atoms in total. The van der Waals surface area contributed by atoms with Crippen molar-refractivity contribution in [3.63, 3.8) is 0 Å². The highest BCUT2D eigenvalue weighted by Crippen LogP contribution is 2.30. The molecule has 0 saturated carbocycles. The molecule has 1 aliphatic rings. The van der Waals surface area contributed by atoms with Crippen LogP contribution >= 0.6 is 0 Å². The predicted octanol–water partition coefficient (Wildman–Crippen LogP) is 1.28. The zero-order valence-electron chi connectivity index (χ0n) is 11.7. The minimum atomic E-state index is 0.0793. The van der Waals surface area contributed by atoms with Crippen molar-refractivity contribution >= 4 is 11.6 Å². The molecule has 0 saturated heterocycles. The van der Waals surface area contributed by atoms with Crippen LogP contribution in [-0.4, -0.2) is 48.7 Å². The first-order valence-electron chi connectivity index (χ1n) is 6.83. The summed E-state index contributed by atoms with van der Waals surface area (Å²) in [5.41, 5.74) is 2.29. The minimum Gasteiger partial charge on any atom is -0.395 e. The molecule has 1 aromatic carbocycles. The van der Waals surface area contributed by atoms with Crippen molar-refractivity contribution in [3.8, 4) is 0 Å². The van der Waals surface area contributed by atoms with Gasteiger partial charge in [0.25, 0.3) is 0 Å². The molecule has 0 aromatic heterocycles. The predicted molar refractivity (Wildman–Crippen MR) is 76.3 cm³/mol. The van der Waals surface area contributed by atoms with E-state index >= 15 is 0 Å². The first kappa shape index (κ1) is 14.0. The van der Waals surface area contributed by atoms with Crippen LogP contribution in [0.3, 0.4) is 0 Å². The van der Waals surface area contributed by atoms with E-state index in [1.807, 2.05) is 35.0 Å². The van der Waals surface area contributed by atoms with Gasteiger partial charge in [-0.1, -0.05) is 18.2 Å². The molecule has 1 amide bonds. The van der Waals surface area contributed by atoms with Crippen LogP contribution < -0.4 is 4.90 Å². The van der Waals surface area contributed by atoms with E-state index in [0.717, 1.165) is 18.5 Å². The Kier molecular flexibility index (Phi) is 4.56. The van der Waals surface area contributed by atoms with Crippen LogP contribution in [0.2, 0.25) is 0 Å². The standard InChI is InChI=1S/C15H22N2O2/c1-12-7-8-13-5-3-4-6-14(13)17(12)15(19)11-16(2)9-10-18/h3-6,12,18H,7-11H2,1-2H3. The molecule has 104 valence electrons. The molecule has 1 aromatic rings. The molecule has 19 heavy (non-hydrogen) atoms.